The number of nitro benzene ring substituents is 1. The van der Waals surface area contributed by atoms with Crippen LogP contribution in [0.2, 0.25) is 0 Å². The third-order valence-electron chi connectivity index (χ3n) is 4.48. The molecule has 0 spiro atoms. The molecule has 0 bridgehead atoms. The molecule has 1 fully saturated rings. The lowest BCUT2D eigenvalue weighted by atomic mass is 9.93. The van der Waals surface area contributed by atoms with Gasteiger partial charge in [-0.25, -0.2) is 4.79 Å². The van der Waals surface area contributed by atoms with E-state index in [9.17, 15) is 24.8 Å². The maximum atomic E-state index is 12.8. The first-order valence-electron chi connectivity index (χ1n) is 9.52. The molecule has 1 heterocycles. The van der Waals surface area contributed by atoms with E-state index in [1.807, 2.05) is 34.6 Å². The number of nitrogens with zero attached hydrogens (tertiary/aromatic N) is 2. The summed E-state index contributed by atoms with van der Waals surface area (Å²) in [6, 6.07) is 3.61. The first kappa shape index (κ1) is 23.0. The van der Waals surface area contributed by atoms with Crippen LogP contribution < -0.4 is 0 Å². The molecule has 0 aromatic heterocycles. The van der Waals surface area contributed by atoms with Crippen molar-refractivity contribution >= 4 is 29.5 Å². The fourth-order valence-electron chi connectivity index (χ4n) is 3.27. The Morgan fingerprint density at radius 3 is 2.55 bits per heavy atom. The largest absolute Gasteiger partial charge is 0.465 e. The molecule has 8 nitrogen and oxygen atoms in total. The summed E-state index contributed by atoms with van der Waals surface area (Å²) >= 11 is 1.48. The summed E-state index contributed by atoms with van der Waals surface area (Å²) in [5.41, 5.74) is 0.128. The molecule has 1 N–H and O–H groups in total. The Bertz CT molecular complexity index is 790. The number of esters is 1. The van der Waals surface area contributed by atoms with Crippen molar-refractivity contribution in [3.63, 3.8) is 0 Å². The van der Waals surface area contributed by atoms with Crippen molar-refractivity contribution in [1.82, 2.24) is 4.90 Å². The molecule has 9 heteroatoms. The SMILES string of the molecule is CC(C)Sc1ccc([N+](=O)[O-])cc1C1C(C(=O)OCC(C)(C)C)CCN1C(=O)O. The van der Waals surface area contributed by atoms with E-state index in [0.717, 1.165) is 4.90 Å². The highest BCUT2D eigenvalue weighted by atomic mass is 32.2. The Labute approximate surface area is 174 Å². The zero-order valence-corrected chi connectivity index (χ0v) is 18.2. The van der Waals surface area contributed by atoms with Gasteiger partial charge in [-0.2, -0.15) is 0 Å². The van der Waals surface area contributed by atoms with Crippen molar-refractivity contribution in [3.8, 4) is 0 Å². The standard InChI is InChI=1S/C20H28N2O6S/c1-12(2)29-16-7-6-13(22(26)27)10-15(16)17-14(8-9-21(17)19(24)25)18(23)28-11-20(3,4)5/h6-7,10,12,14,17H,8-9,11H2,1-5H3,(H,24,25). The lowest BCUT2D eigenvalue weighted by molar-refractivity contribution is -0.385. The number of hydrogen-bond acceptors (Lipinski definition) is 6. The highest BCUT2D eigenvalue weighted by molar-refractivity contribution is 8.00. The topological polar surface area (TPSA) is 110 Å². The first-order chi connectivity index (χ1) is 13.4. The minimum Gasteiger partial charge on any atom is -0.465 e. The van der Waals surface area contributed by atoms with Crippen molar-refractivity contribution in [1.29, 1.82) is 0 Å². The lowest BCUT2D eigenvalue weighted by Crippen LogP contribution is -2.34. The van der Waals surface area contributed by atoms with Crippen LogP contribution in [0.15, 0.2) is 23.1 Å². The van der Waals surface area contributed by atoms with Crippen LogP contribution in [-0.2, 0) is 9.53 Å². The zero-order chi connectivity index (χ0) is 21.9. The predicted molar refractivity (Wildman–Crippen MR) is 110 cm³/mol. The molecule has 0 aliphatic carbocycles. The van der Waals surface area contributed by atoms with Gasteiger partial charge in [0.2, 0.25) is 0 Å². The summed E-state index contributed by atoms with van der Waals surface area (Å²) in [6.07, 6.45) is -0.845. The minimum atomic E-state index is -1.16. The molecular formula is C20H28N2O6S. The fraction of sp³-hybridized carbons (Fsp3) is 0.600. The molecular weight excluding hydrogens is 396 g/mol. The molecule has 2 atom stereocenters. The number of carbonyl (C=O) groups excluding carboxylic acids is 1. The first-order valence-corrected chi connectivity index (χ1v) is 10.4. The second kappa shape index (κ2) is 9.02. The average molecular weight is 425 g/mol. The van der Waals surface area contributed by atoms with E-state index >= 15 is 0 Å². The normalized spacial score (nSPS) is 19.4. The van der Waals surface area contributed by atoms with E-state index in [1.165, 1.54) is 28.8 Å². The Balaban J connectivity index is 2.49. The van der Waals surface area contributed by atoms with Crippen molar-refractivity contribution in [2.75, 3.05) is 13.2 Å². The van der Waals surface area contributed by atoms with Crippen LogP contribution in [0.5, 0.6) is 0 Å². The maximum Gasteiger partial charge on any atom is 0.407 e. The van der Waals surface area contributed by atoms with Crippen LogP contribution in [-0.4, -0.2) is 45.4 Å². The molecule has 2 unspecified atom stereocenters. The molecule has 29 heavy (non-hydrogen) atoms. The van der Waals surface area contributed by atoms with Crippen molar-refractivity contribution in [3.05, 3.63) is 33.9 Å². The molecule has 1 aliphatic heterocycles. The Kier molecular flexibility index (Phi) is 7.15. The number of ether oxygens (including phenoxy) is 1. The van der Waals surface area contributed by atoms with Crippen molar-refractivity contribution in [2.45, 2.75) is 57.2 Å². The van der Waals surface area contributed by atoms with Gasteiger partial charge in [0.1, 0.15) is 0 Å². The molecule has 1 aromatic carbocycles. The van der Waals surface area contributed by atoms with Gasteiger partial charge in [-0.3, -0.25) is 14.9 Å². The average Bonchev–Trinajstić information content (AvgIpc) is 3.03. The second-order valence-electron chi connectivity index (χ2n) is 8.63. The van der Waals surface area contributed by atoms with E-state index < -0.39 is 28.9 Å². The van der Waals surface area contributed by atoms with Gasteiger partial charge in [0.05, 0.1) is 23.5 Å². The quantitative estimate of drug-likeness (QED) is 0.304. The van der Waals surface area contributed by atoms with E-state index in [0.29, 0.717) is 12.0 Å². The Morgan fingerprint density at radius 2 is 2.03 bits per heavy atom. The molecule has 1 amide bonds. The Morgan fingerprint density at radius 1 is 1.38 bits per heavy atom. The molecule has 1 aromatic rings. The summed E-state index contributed by atoms with van der Waals surface area (Å²) < 4.78 is 5.47. The van der Waals surface area contributed by atoms with Crippen LogP contribution in [0.4, 0.5) is 10.5 Å². The van der Waals surface area contributed by atoms with Gasteiger partial charge in [0.25, 0.3) is 5.69 Å². The number of nitro groups is 1. The Hall–Kier alpha value is -2.29. The van der Waals surface area contributed by atoms with Gasteiger partial charge in [-0.1, -0.05) is 34.6 Å². The number of benzene rings is 1. The summed E-state index contributed by atoms with van der Waals surface area (Å²) in [7, 11) is 0. The molecule has 0 saturated carbocycles. The lowest BCUT2D eigenvalue weighted by Gasteiger charge is -2.28. The summed E-state index contributed by atoms with van der Waals surface area (Å²) in [6.45, 7) is 10.2. The van der Waals surface area contributed by atoms with Crippen LogP contribution in [0, 0.1) is 21.4 Å². The van der Waals surface area contributed by atoms with Gasteiger partial charge in [-0.05, 0) is 23.5 Å². The van der Waals surface area contributed by atoms with Crippen LogP contribution in [0.3, 0.4) is 0 Å². The van der Waals surface area contributed by atoms with Gasteiger partial charge in [-0.15, -0.1) is 11.8 Å². The summed E-state index contributed by atoms with van der Waals surface area (Å²) in [4.78, 5) is 37.4. The summed E-state index contributed by atoms with van der Waals surface area (Å²) in [5, 5.41) is 21.2. The van der Waals surface area contributed by atoms with Crippen molar-refractivity contribution in [2.24, 2.45) is 11.3 Å². The number of carboxylic acid groups (broad SMARTS) is 1. The van der Waals surface area contributed by atoms with Gasteiger partial charge in [0, 0.05) is 28.8 Å². The number of thioether (sulfide) groups is 1. The van der Waals surface area contributed by atoms with Crippen LogP contribution in [0.25, 0.3) is 0 Å². The monoisotopic (exact) mass is 424 g/mol. The third kappa shape index (κ3) is 5.85. The number of non-ortho nitro benzene ring substituents is 1. The number of amides is 1. The number of carbonyl (C=O) groups is 2. The zero-order valence-electron chi connectivity index (χ0n) is 17.4. The van der Waals surface area contributed by atoms with Crippen LogP contribution >= 0.6 is 11.8 Å². The predicted octanol–water partition coefficient (Wildman–Crippen LogP) is 4.73. The molecule has 2 rings (SSSR count). The van der Waals surface area contributed by atoms with E-state index in [-0.39, 0.29) is 29.5 Å². The van der Waals surface area contributed by atoms with Gasteiger partial charge in [0.15, 0.2) is 0 Å². The molecule has 160 valence electrons. The van der Waals surface area contributed by atoms with Gasteiger partial charge >= 0.3 is 12.1 Å². The second-order valence-corrected chi connectivity index (χ2v) is 10.2. The van der Waals surface area contributed by atoms with Crippen molar-refractivity contribution < 1.29 is 24.4 Å². The highest BCUT2D eigenvalue weighted by Gasteiger charge is 2.44. The highest BCUT2D eigenvalue weighted by Crippen LogP contribution is 2.44. The third-order valence-corrected chi connectivity index (χ3v) is 5.58. The number of likely N-dealkylation sites (tertiary alicyclic amines) is 1. The van der Waals surface area contributed by atoms with E-state index in [4.69, 9.17) is 4.74 Å². The minimum absolute atomic E-state index is 0.132. The molecule has 1 saturated heterocycles. The summed E-state index contributed by atoms with van der Waals surface area (Å²) in [5.74, 6) is -1.18. The van der Waals surface area contributed by atoms with E-state index in [1.54, 1.807) is 6.07 Å². The number of rotatable bonds is 6. The smallest absolute Gasteiger partial charge is 0.407 e. The maximum absolute atomic E-state index is 12.8. The van der Waals surface area contributed by atoms with Crippen LogP contribution in [0.1, 0.15) is 52.6 Å². The molecule has 0 radical (unpaired) electrons. The number of hydrogen-bond donors (Lipinski definition) is 1. The van der Waals surface area contributed by atoms with E-state index in [2.05, 4.69) is 0 Å². The fourth-order valence-corrected chi connectivity index (χ4v) is 4.25. The molecule has 1 aliphatic rings. The van der Waals surface area contributed by atoms with Gasteiger partial charge < -0.3 is 14.7 Å².